The number of nitrogens with one attached hydrogen (secondary N) is 2. The highest BCUT2D eigenvalue weighted by atomic mass is 35.5. The molecular formula is C20H17ClN4O2. The van der Waals surface area contributed by atoms with Gasteiger partial charge < -0.3 is 14.4 Å². The smallest absolute Gasteiger partial charge is 0.256 e. The minimum absolute atomic E-state index is 0.0990. The zero-order chi connectivity index (χ0) is 18.4. The lowest BCUT2D eigenvalue weighted by Crippen LogP contribution is -2.35. The third kappa shape index (κ3) is 2.97. The maximum absolute atomic E-state index is 12.6. The predicted molar refractivity (Wildman–Crippen MR) is 104 cm³/mol. The minimum atomic E-state index is -0.0990. The number of rotatable bonds is 3. The van der Waals surface area contributed by atoms with Crippen molar-refractivity contribution in [1.29, 1.82) is 0 Å². The molecule has 0 bridgehead atoms. The van der Waals surface area contributed by atoms with Gasteiger partial charge in [-0.1, -0.05) is 11.6 Å². The molecular weight excluding hydrogens is 364 g/mol. The Hall–Kier alpha value is -2.83. The van der Waals surface area contributed by atoms with Crippen molar-refractivity contribution in [1.82, 2.24) is 19.9 Å². The number of hydrogen-bond acceptors (Lipinski definition) is 4. The molecule has 4 aromatic rings. The first-order valence-corrected chi connectivity index (χ1v) is 9.19. The largest absolute Gasteiger partial charge is 0.461 e. The lowest BCUT2D eigenvalue weighted by atomic mass is 10.1. The highest BCUT2D eigenvalue weighted by Gasteiger charge is 2.22. The fourth-order valence-electron chi connectivity index (χ4n) is 3.67. The molecule has 27 heavy (non-hydrogen) atoms. The van der Waals surface area contributed by atoms with Crippen LogP contribution in [0, 0.1) is 0 Å². The van der Waals surface area contributed by atoms with Gasteiger partial charge in [-0.25, -0.2) is 4.98 Å². The van der Waals surface area contributed by atoms with Crippen molar-refractivity contribution < 1.29 is 4.42 Å². The van der Waals surface area contributed by atoms with Crippen molar-refractivity contribution in [2.75, 3.05) is 6.54 Å². The maximum Gasteiger partial charge on any atom is 0.256 e. The number of benzene rings is 1. The molecule has 1 aliphatic heterocycles. The first kappa shape index (κ1) is 16.4. The summed E-state index contributed by atoms with van der Waals surface area (Å²) in [5, 5.41) is 1.84. The summed E-state index contributed by atoms with van der Waals surface area (Å²) in [4.78, 5) is 25.6. The van der Waals surface area contributed by atoms with Crippen molar-refractivity contribution in [3.8, 4) is 11.6 Å². The van der Waals surface area contributed by atoms with E-state index in [0.717, 1.165) is 46.7 Å². The molecule has 3 aromatic heterocycles. The third-order valence-corrected chi connectivity index (χ3v) is 5.26. The van der Waals surface area contributed by atoms with E-state index in [9.17, 15) is 4.79 Å². The van der Waals surface area contributed by atoms with E-state index in [1.54, 1.807) is 18.4 Å². The Labute approximate surface area is 159 Å². The molecule has 0 unspecified atom stereocenters. The summed E-state index contributed by atoms with van der Waals surface area (Å²) in [6.07, 6.45) is 4.32. The molecule has 2 N–H and O–H groups in total. The van der Waals surface area contributed by atoms with E-state index >= 15 is 0 Å². The zero-order valence-corrected chi connectivity index (χ0v) is 15.2. The number of halogens is 1. The highest BCUT2D eigenvalue weighted by molar-refractivity contribution is 6.31. The van der Waals surface area contributed by atoms with Crippen LogP contribution in [-0.2, 0) is 19.5 Å². The van der Waals surface area contributed by atoms with Crippen LogP contribution in [0.1, 0.15) is 16.8 Å². The van der Waals surface area contributed by atoms with Gasteiger partial charge >= 0.3 is 0 Å². The Morgan fingerprint density at radius 3 is 3.07 bits per heavy atom. The van der Waals surface area contributed by atoms with Gasteiger partial charge in [0.05, 0.1) is 17.5 Å². The zero-order valence-electron chi connectivity index (χ0n) is 14.5. The maximum atomic E-state index is 12.6. The van der Waals surface area contributed by atoms with E-state index in [2.05, 4.69) is 19.9 Å². The second-order valence-corrected chi connectivity index (χ2v) is 7.22. The first-order valence-electron chi connectivity index (χ1n) is 8.81. The molecule has 1 aromatic carbocycles. The van der Waals surface area contributed by atoms with Gasteiger partial charge in [-0.05, 0) is 35.9 Å². The molecule has 5 rings (SSSR count). The molecule has 0 spiro atoms. The number of hydrogen-bond donors (Lipinski definition) is 2. The molecule has 7 heteroatoms. The van der Waals surface area contributed by atoms with Gasteiger partial charge in [0, 0.05) is 48.2 Å². The SMILES string of the molecule is O=c1[nH]c(-c2ccco2)nc2c1CN(Cc1c[nH]c3ccc(Cl)cc13)CC2. The Kier molecular flexibility index (Phi) is 3.88. The predicted octanol–water partition coefficient (Wildman–Crippen LogP) is 3.72. The van der Waals surface area contributed by atoms with Gasteiger partial charge in [0.1, 0.15) is 0 Å². The standard InChI is InChI=1S/C20H17ClN4O2/c21-13-3-4-16-14(8-13)12(9-22-16)10-25-6-5-17-15(11-25)20(26)24-19(23-17)18-2-1-7-27-18/h1-4,7-9,22H,5-6,10-11H2,(H,23,24,26). The fraction of sp³-hybridized carbons (Fsp3) is 0.200. The Balaban J connectivity index is 1.42. The summed E-state index contributed by atoms with van der Waals surface area (Å²) < 4.78 is 5.35. The molecule has 4 heterocycles. The molecule has 6 nitrogen and oxygen atoms in total. The lowest BCUT2D eigenvalue weighted by Gasteiger charge is -2.27. The van der Waals surface area contributed by atoms with Crippen LogP contribution in [-0.4, -0.2) is 26.4 Å². The minimum Gasteiger partial charge on any atom is -0.461 e. The van der Waals surface area contributed by atoms with Gasteiger partial charge in [-0.3, -0.25) is 9.69 Å². The summed E-state index contributed by atoms with van der Waals surface area (Å²) in [5.41, 5.74) is 3.72. The quantitative estimate of drug-likeness (QED) is 0.567. The van der Waals surface area contributed by atoms with Crippen LogP contribution >= 0.6 is 11.6 Å². The Morgan fingerprint density at radius 1 is 1.30 bits per heavy atom. The summed E-state index contributed by atoms with van der Waals surface area (Å²) in [6.45, 7) is 2.16. The van der Waals surface area contributed by atoms with Crippen molar-refractivity contribution in [2.24, 2.45) is 0 Å². The van der Waals surface area contributed by atoms with Crippen molar-refractivity contribution >= 4 is 22.5 Å². The Bertz CT molecular complexity index is 1180. The van der Waals surface area contributed by atoms with Crippen LogP contribution in [0.4, 0.5) is 0 Å². The van der Waals surface area contributed by atoms with Crippen LogP contribution in [0.15, 0.2) is 52.0 Å². The lowest BCUT2D eigenvalue weighted by molar-refractivity contribution is 0.242. The second-order valence-electron chi connectivity index (χ2n) is 6.78. The van der Waals surface area contributed by atoms with Crippen LogP contribution in [0.2, 0.25) is 5.02 Å². The van der Waals surface area contributed by atoms with E-state index < -0.39 is 0 Å². The molecule has 136 valence electrons. The summed E-state index contributed by atoms with van der Waals surface area (Å²) in [7, 11) is 0. The topological polar surface area (TPSA) is 77.9 Å². The third-order valence-electron chi connectivity index (χ3n) is 5.03. The van der Waals surface area contributed by atoms with Crippen LogP contribution < -0.4 is 5.56 Å². The molecule has 0 saturated heterocycles. The van der Waals surface area contributed by atoms with Crippen LogP contribution in [0.25, 0.3) is 22.5 Å². The van der Waals surface area contributed by atoms with Crippen LogP contribution in [0.5, 0.6) is 0 Å². The summed E-state index contributed by atoms with van der Waals surface area (Å²) in [6, 6.07) is 9.41. The van der Waals surface area contributed by atoms with Gasteiger partial charge in [-0.2, -0.15) is 0 Å². The van der Waals surface area contributed by atoms with Crippen molar-refractivity contribution in [3.63, 3.8) is 0 Å². The fourth-order valence-corrected chi connectivity index (χ4v) is 3.84. The van der Waals surface area contributed by atoms with Gasteiger partial charge in [-0.15, -0.1) is 0 Å². The monoisotopic (exact) mass is 380 g/mol. The van der Waals surface area contributed by atoms with Gasteiger partial charge in [0.2, 0.25) is 0 Å². The van der Waals surface area contributed by atoms with Crippen molar-refractivity contribution in [2.45, 2.75) is 19.5 Å². The first-order chi connectivity index (χ1) is 13.2. The molecule has 1 aliphatic rings. The van der Waals surface area contributed by atoms with Crippen molar-refractivity contribution in [3.05, 3.63) is 75.0 Å². The number of nitrogens with zero attached hydrogens (tertiary/aromatic N) is 2. The highest BCUT2D eigenvalue weighted by Crippen LogP contribution is 2.25. The molecule has 0 aliphatic carbocycles. The second kappa shape index (κ2) is 6.40. The van der Waals surface area contributed by atoms with E-state index in [0.29, 0.717) is 18.1 Å². The number of fused-ring (bicyclic) bond motifs is 2. The average Bonchev–Trinajstić information content (AvgIpc) is 3.33. The van der Waals surface area contributed by atoms with Gasteiger partial charge in [0.15, 0.2) is 11.6 Å². The Morgan fingerprint density at radius 2 is 2.22 bits per heavy atom. The number of furan rings is 1. The number of aromatic amines is 2. The molecule has 0 fully saturated rings. The van der Waals surface area contributed by atoms with E-state index in [1.807, 2.05) is 24.4 Å². The van der Waals surface area contributed by atoms with Crippen LogP contribution in [0.3, 0.4) is 0 Å². The number of aromatic nitrogens is 3. The van der Waals surface area contributed by atoms with E-state index in [4.69, 9.17) is 16.0 Å². The van der Waals surface area contributed by atoms with E-state index in [-0.39, 0.29) is 5.56 Å². The number of H-pyrrole nitrogens is 2. The molecule has 0 radical (unpaired) electrons. The van der Waals surface area contributed by atoms with Gasteiger partial charge in [0.25, 0.3) is 5.56 Å². The average molecular weight is 381 g/mol. The molecule has 0 atom stereocenters. The summed E-state index contributed by atoms with van der Waals surface area (Å²) >= 11 is 6.15. The summed E-state index contributed by atoms with van der Waals surface area (Å²) in [5.74, 6) is 1.07. The molecule has 0 saturated carbocycles. The molecule has 0 amide bonds. The normalized spacial score (nSPS) is 14.6. The van der Waals surface area contributed by atoms with E-state index in [1.165, 1.54) is 5.56 Å².